The Balaban J connectivity index is 1.56. The van der Waals surface area contributed by atoms with E-state index in [4.69, 9.17) is 4.74 Å². The van der Waals surface area contributed by atoms with E-state index >= 15 is 0 Å². The topological polar surface area (TPSA) is 83.5 Å². The molecule has 1 saturated heterocycles. The molecule has 2 aromatic heterocycles. The van der Waals surface area contributed by atoms with E-state index in [9.17, 15) is 4.79 Å². The summed E-state index contributed by atoms with van der Waals surface area (Å²) >= 11 is 0. The van der Waals surface area contributed by atoms with E-state index in [2.05, 4.69) is 25.2 Å². The lowest BCUT2D eigenvalue weighted by atomic mass is 10.3. The van der Waals surface area contributed by atoms with Gasteiger partial charge in [0, 0.05) is 51.3 Å². The molecular formula is C17H22N6O2. The first-order valence-electron chi connectivity index (χ1n) is 8.38. The number of hydrogen-bond donors (Lipinski definition) is 1. The third kappa shape index (κ3) is 4.56. The molecule has 3 rings (SSSR count). The standard InChI is InChI=1S/C17H22N6O2/c1-2-25-17(24)23-11-9-22(10-12-23)16-19-8-5-15(21-16)20-13-14-3-6-18-7-4-14/h3-8H,2,9-13H2,1H3,(H,19,20,21). The van der Waals surface area contributed by atoms with Crippen LogP contribution in [0.4, 0.5) is 16.6 Å². The van der Waals surface area contributed by atoms with Gasteiger partial charge in [0.05, 0.1) is 6.61 Å². The van der Waals surface area contributed by atoms with E-state index in [1.165, 1.54) is 0 Å². The largest absolute Gasteiger partial charge is 0.450 e. The van der Waals surface area contributed by atoms with Crippen molar-refractivity contribution in [1.29, 1.82) is 0 Å². The molecule has 1 aliphatic rings. The van der Waals surface area contributed by atoms with Crippen molar-refractivity contribution in [3.05, 3.63) is 42.4 Å². The zero-order valence-corrected chi connectivity index (χ0v) is 14.3. The maximum Gasteiger partial charge on any atom is 0.409 e. The van der Waals surface area contributed by atoms with Crippen LogP contribution in [0.2, 0.25) is 0 Å². The van der Waals surface area contributed by atoms with Crippen LogP contribution in [0.5, 0.6) is 0 Å². The minimum absolute atomic E-state index is 0.254. The van der Waals surface area contributed by atoms with Crippen molar-refractivity contribution in [2.24, 2.45) is 0 Å². The third-order valence-corrected chi connectivity index (χ3v) is 3.95. The highest BCUT2D eigenvalue weighted by molar-refractivity contribution is 5.68. The Labute approximate surface area is 146 Å². The molecule has 0 bridgehead atoms. The molecule has 0 atom stereocenters. The second-order valence-electron chi connectivity index (χ2n) is 5.62. The van der Waals surface area contributed by atoms with Crippen LogP contribution in [0, 0.1) is 0 Å². The number of pyridine rings is 1. The van der Waals surface area contributed by atoms with Crippen LogP contribution in [-0.4, -0.2) is 58.7 Å². The number of aromatic nitrogens is 3. The number of amides is 1. The van der Waals surface area contributed by atoms with Crippen molar-refractivity contribution < 1.29 is 9.53 Å². The second kappa shape index (κ2) is 8.27. The lowest BCUT2D eigenvalue weighted by Gasteiger charge is -2.34. The van der Waals surface area contributed by atoms with Gasteiger partial charge in [-0.1, -0.05) is 0 Å². The molecule has 132 valence electrons. The van der Waals surface area contributed by atoms with Gasteiger partial charge in [-0.05, 0) is 30.7 Å². The number of nitrogens with one attached hydrogen (secondary N) is 1. The number of nitrogens with zero attached hydrogens (tertiary/aromatic N) is 5. The highest BCUT2D eigenvalue weighted by atomic mass is 16.6. The number of carbonyl (C=O) groups excluding carboxylic acids is 1. The van der Waals surface area contributed by atoms with E-state index in [0.717, 1.165) is 11.4 Å². The number of hydrogen-bond acceptors (Lipinski definition) is 7. The van der Waals surface area contributed by atoms with E-state index in [1.54, 1.807) is 23.5 Å². The molecule has 1 fully saturated rings. The van der Waals surface area contributed by atoms with E-state index in [0.29, 0.717) is 45.3 Å². The molecule has 2 aromatic rings. The quantitative estimate of drug-likeness (QED) is 0.886. The van der Waals surface area contributed by atoms with Crippen molar-refractivity contribution in [1.82, 2.24) is 19.9 Å². The van der Waals surface area contributed by atoms with Gasteiger partial charge in [0.1, 0.15) is 5.82 Å². The molecule has 8 heteroatoms. The summed E-state index contributed by atoms with van der Waals surface area (Å²) in [6, 6.07) is 5.77. The molecular weight excluding hydrogens is 320 g/mol. The van der Waals surface area contributed by atoms with Crippen molar-refractivity contribution in [2.45, 2.75) is 13.5 Å². The monoisotopic (exact) mass is 342 g/mol. The lowest BCUT2D eigenvalue weighted by Crippen LogP contribution is -2.49. The van der Waals surface area contributed by atoms with E-state index < -0.39 is 0 Å². The minimum atomic E-state index is -0.254. The van der Waals surface area contributed by atoms with Gasteiger partial charge in [-0.15, -0.1) is 0 Å². The first-order chi connectivity index (χ1) is 12.3. The predicted molar refractivity (Wildman–Crippen MR) is 94.4 cm³/mol. The first-order valence-corrected chi connectivity index (χ1v) is 8.38. The van der Waals surface area contributed by atoms with Crippen molar-refractivity contribution in [2.75, 3.05) is 43.0 Å². The Bertz CT molecular complexity index is 689. The van der Waals surface area contributed by atoms with Crippen LogP contribution in [-0.2, 0) is 11.3 Å². The Morgan fingerprint density at radius 3 is 2.64 bits per heavy atom. The van der Waals surface area contributed by atoms with Crippen molar-refractivity contribution in [3.63, 3.8) is 0 Å². The zero-order valence-electron chi connectivity index (χ0n) is 14.3. The van der Waals surface area contributed by atoms with Crippen LogP contribution in [0.1, 0.15) is 12.5 Å². The molecule has 0 saturated carbocycles. The van der Waals surface area contributed by atoms with Gasteiger partial charge in [-0.2, -0.15) is 4.98 Å². The minimum Gasteiger partial charge on any atom is -0.450 e. The molecule has 0 aromatic carbocycles. The number of piperazine rings is 1. The highest BCUT2D eigenvalue weighted by Crippen LogP contribution is 2.14. The summed E-state index contributed by atoms with van der Waals surface area (Å²) in [6.07, 6.45) is 5.03. The van der Waals surface area contributed by atoms with Crippen molar-refractivity contribution >= 4 is 17.9 Å². The Hall–Kier alpha value is -2.90. The Kier molecular flexibility index (Phi) is 5.61. The van der Waals surface area contributed by atoms with Crippen LogP contribution in [0.15, 0.2) is 36.8 Å². The third-order valence-electron chi connectivity index (χ3n) is 3.95. The maximum atomic E-state index is 11.8. The summed E-state index contributed by atoms with van der Waals surface area (Å²) in [5.41, 5.74) is 1.14. The van der Waals surface area contributed by atoms with Gasteiger partial charge in [-0.25, -0.2) is 9.78 Å². The number of ether oxygens (including phenoxy) is 1. The maximum absolute atomic E-state index is 11.8. The first kappa shape index (κ1) is 16.9. The summed E-state index contributed by atoms with van der Waals surface area (Å²) in [4.78, 5) is 28.5. The fourth-order valence-electron chi connectivity index (χ4n) is 2.60. The van der Waals surface area contributed by atoms with E-state index in [1.807, 2.05) is 25.1 Å². The zero-order chi connectivity index (χ0) is 17.5. The summed E-state index contributed by atoms with van der Waals surface area (Å²) in [5, 5.41) is 3.29. The molecule has 1 N–H and O–H groups in total. The molecule has 0 aliphatic carbocycles. The number of rotatable bonds is 5. The fraction of sp³-hybridized carbons (Fsp3) is 0.412. The van der Waals surface area contributed by atoms with Gasteiger partial charge in [-0.3, -0.25) is 4.98 Å². The van der Waals surface area contributed by atoms with Crippen LogP contribution < -0.4 is 10.2 Å². The molecule has 1 aliphatic heterocycles. The molecule has 0 unspecified atom stereocenters. The van der Waals surface area contributed by atoms with Crippen molar-refractivity contribution in [3.8, 4) is 0 Å². The smallest absolute Gasteiger partial charge is 0.409 e. The van der Waals surface area contributed by atoms with Gasteiger partial charge >= 0.3 is 6.09 Å². The van der Waals surface area contributed by atoms with Gasteiger partial charge in [0.15, 0.2) is 0 Å². The van der Waals surface area contributed by atoms with Gasteiger partial charge < -0.3 is 19.9 Å². The average Bonchev–Trinajstić information content (AvgIpc) is 2.68. The lowest BCUT2D eigenvalue weighted by molar-refractivity contribution is 0.105. The summed E-state index contributed by atoms with van der Waals surface area (Å²) in [7, 11) is 0. The molecule has 0 radical (unpaired) electrons. The second-order valence-corrected chi connectivity index (χ2v) is 5.62. The van der Waals surface area contributed by atoms with Crippen LogP contribution >= 0.6 is 0 Å². The fourth-order valence-corrected chi connectivity index (χ4v) is 2.60. The van der Waals surface area contributed by atoms with Crippen LogP contribution in [0.25, 0.3) is 0 Å². The number of carbonyl (C=O) groups is 1. The molecule has 0 spiro atoms. The molecule has 25 heavy (non-hydrogen) atoms. The normalized spacial score (nSPS) is 14.3. The average molecular weight is 342 g/mol. The molecule has 8 nitrogen and oxygen atoms in total. The summed E-state index contributed by atoms with van der Waals surface area (Å²) < 4.78 is 5.04. The van der Waals surface area contributed by atoms with E-state index in [-0.39, 0.29) is 6.09 Å². The highest BCUT2D eigenvalue weighted by Gasteiger charge is 2.23. The number of anilines is 2. The van der Waals surface area contributed by atoms with Gasteiger partial charge in [0.2, 0.25) is 5.95 Å². The summed E-state index contributed by atoms with van der Waals surface area (Å²) in [6.45, 7) is 5.47. The SMILES string of the molecule is CCOC(=O)N1CCN(c2nccc(NCc3ccncc3)n2)CC1. The van der Waals surface area contributed by atoms with Gasteiger partial charge in [0.25, 0.3) is 0 Å². The summed E-state index contributed by atoms with van der Waals surface area (Å²) in [5.74, 6) is 1.44. The molecule has 3 heterocycles. The van der Waals surface area contributed by atoms with Crippen LogP contribution in [0.3, 0.4) is 0 Å². The predicted octanol–water partition coefficient (Wildman–Crippen LogP) is 1.76. The Morgan fingerprint density at radius 2 is 1.92 bits per heavy atom. The molecule has 1 amide bonds. The Morgan fingerprint density at radius 1 is 1.16 bits per heavy atom.